The topological polar surface area (TPSA) is 104 Å². The fourth-order valence-electron chi connectivity index (χ4n) is 5.08. The highest BCUT2D eigenvalue weighted by molar-refractivity contribution is 5.98. The fourth-order valence-corrected chi connectivity index (χ4v) is 5.08. The van der Waals surface area contributed by atoms with E-state index in [1.54, 1.807) is 18.5 Å². The molecule has 2 fully saturated rings. The van der Waals surface area contributed by atoms with Crippen LogP contribution in [-0.2, 0) is 20.7 Å². The summed E-state index contributed by atoms with van der Waals surface area (Å²) in [6.45, 7) is 6.76. The van der Waals surface area contributed by atoms with Gasteiger partial charge in [-0.15, -0.1) is 0 Å². The second-order valence-corrected chi connectivity index (χ2v) is 10.5. The number of Topliss-reactive ketones (excluding diaryl/α,β-unsaturated/α-hetero) is 1. The SMILES string of the molecule is CC(C)(Cc1ccccc1)C[C@H](NC(=O)c1cc[nH]c1)C(=O)NC1C(=O)COC1CN1CCCC1. The summed E-state index contributed by atoms with van der Waals surface area (Å²) in [6, 6.07) is 10.3. The number of aromatic nitrogens is 1. The molecule has 8 heteroatoms. The minimum absolute atomic E-state index is 0.00330. The van der Waals surface area contributed by atoms with Crippen molar-refractivity contribution in [2.45, 2.75) is 57.7 Å². The zero-order valence-electron chi connectivity index (χ0n) is 20.6. The van der Waals surface area contributed by atoms with Crippen molar-refractivity contribution in [2.75, 3.05) is 26.2 Å². The van der Waals surface area contributed by atoms with Crippen LogP contribution in [0.2, 0.25) is 0 Å². The van der Waals surface area contributed by atoms with E-state index in [1.807, 2.05) is 18.2 Å². The van der Waals surface area contributed by atoms with Crippen molar-refractivity contribution < 1.29 is 19.1 Å². The Morgan fingerprint density at radius 3 is 2.60 bits per heavy atom. The summed E-state index contributed by atoms with van der Waals surface area (Å²) in [6.07, 6.45) is 6.34. The fraction of sp³-hybridized carbons (Fsp3) is 0.519. The van der Waals surface area contributed by atoms with Crippen LogP contribution in [0.4, 0.5) is 0 Å². The first-order valence-electron chi connectivity index (χ1n) is 12.5. The van der Waals surface area contributed by atoms with Gasteiger partial charge in [-0.25, -0.2) is 0 Å². The summed E-state index contributed by atoms with van der Waals surface area (Å²) >= 11 is 0. The van der Waals surface area contributed by atoms with Crippen LogP contribution >= 0.6 is 0 Å². The van der Waals surface area contributed by atoms with Crippen LogP contribution in [0.1, 0.15) is 49.0 Å². The van der Waals surface area contributed by atoms with E-state index in [2.05, 4.69) is 46.5 Å². The van der Waals surface area contributed by atoms with Gasteiger partial charge in [0.15, 0.2) is 5.78 Å². The van der Waals surface area contributed by atoms with Crippen LogP contribution in [0.3, 0.4) is 0 Å². The number of amides is 2. The van der Waals surface area contributed by atoms with Crippen molar-refractivity contribution in [1.82, 2.24) is 20.5 Å². The number of hydrogen-bond donors (Lipinski definition) is 3. The molecular formula is C27H36N4O4. The minimum atomic E-state index is -0.794. The quantitative estimate of drug-likeness (QED) is 0.484. The Hall–Kier alpha value is -2.97. The summed E-state index contributed by atoms with van der Waals surface area (Å²) in [5.74, 6) is -0.809. The van der Waals surface area contributed by atoms with Crippen LogP contribution in [0.15, 0.2) is 48.8 Å². The molecule has 0 spiro atoms. The average Bonchev–Trinajstić information content (AvgIpc) is 3.59. The zero-order valence-corrected chi connectivity index (χ0v) is 20.6. The number of carbonyl (C=O) groups excluding carboxylic acids is 3. The van der Waals surface area contributed by atoms with E-state index in [0.29, 0.717) is 18.5 Å². The number of rotatable bonds is 10. The van der Waals surface area contributed by atoms with E-state index < -0.39 is 12.1 Å². The molecular weight excluding hydrogens is 444 g/mol. The highest BCUT2D eigenvalue weighted by Gasteiger charge is 2.40. The van der Waals surface area contributed by atoms with E-state index in [1.165, 1.54) is 5.56 Å². The van der Waals surface area contributed by atoms with Gasteiger partial charge >= 0.3 is 0 Å². The van der Waals surface area contributed by atoms with Crippen molar-refractivity contribution in [3.8, 4) is 0 Å². The molecule has 0 bridgehead atoms. The largest absolute Gasteiger partial charge is 0.367 e. The van der Waals surface area contributed by atoms with Crippen molar-refractivity contribution in [3.05, 3.63) is 59.9 Å². The number of carbonyl (C=O) groups is 3. The first kappa shape index (κ1) is 25.1. The Balaban J connectivity index is 1.47. The van der Waals surface area contributed by atoms with Crippen molar-refractivity contribution in [2.24, 2.45) is 5.41 Å². The second kappa shape index (κ2) is 11.2. The maximum Gasteiger partial charge on any atom is 0.253 e. The van der Waals surface area contributed by atoms with Gasteiger partial charge in [-0.3, -0.25) is 14.4 Å². The lowest BCUT2D eigenvalue weighted by Crippen LogP contribution is -2.55. The van der Waals surface area contributed by atoms with E-state index in [0.717, 1.165) is 32.4 Å². The molecule has 3 N–H and O–H groups in total. The summed E-state index contributed by atoms with van der Waals surface area (Å²) in [4.78, 5) is 44.1. The number of ketones is 1. The van der Waals surface area contributed by atoms with E-state index >= 15 is 0 Å². The Kier molecular flexibility index (Phi) is 8.03. The van der Waals surface area contributed by atoms with E-state index in [-0.39, 0.29) is 35.7 Å². The monoisotopic (exact) mass is 480 g/mol. The molecule has 0 saturated carbocycles. The molecule has 3 atom stereocenters. The van der Waals surface area contributed by atoms with Crippen molar-refractivity contribution in [3.63, 3.8) is 0 Å². The third kappa shape index (κ3) is 6.80. The molecule has 2 amide bonds. The Morgan fingerprint density at radius 2 is 1.91 bits per heavy atom. The van der Waals surface area contributed by atoms with Crippen molar-refractivity contribution in [1.29, 1.82) is 0 Å². The molecule has 2 aliphatic rings. The predicted octanol–water partition coefficient (Wildman–Crippen LogP) is 2.32. The van der Waals surface area contributed by atoms with Gasteiger partial charge in [0.1, 0.15) is 18.7 Å². The minimum Gasteiger partial charge on any atom is -0.367 e. The average molecular weight is 481 g/mol. The Labute approximate surface area is 206 Å². The van der Waals surface area contributed by atoms with Crippen LogP contribution < -0.4 is 10.6 Å². The lowest BCUT2D eigenvalue weighted by molar-refractivity contribution is -0.128. The first-order chi connectivity index (χ1) is 16.8. The molecule has 35 heavy (non-hydrogen) atoms. The maximum atomic E-state index is 13.5. The summed E-state index contributed by atoms with van der Waals surface area (Å²) in [5.41, 5.74) is 1.34. The Bertz CT molecular complexity index is 999. The highest BCUT2D eigenvalue weighted by Crippen LogP contribution is 2.28. The van der Waals surface area contributed by atoms with Crippen LogP contribution in [0, 0.1) is 5.41 Å². The molecule has 1 aromatic carbocycles. The van der Waals surface area contributed by atoms with E-state index in [9.17, 15) is 14.4 Å². The smallest absolute Gasteiger partial charge is 0.253 e. The molecule has 2 aliphatic heterocycles. The normalized spacial score (nSPS) is 21.7. The van der Waals surface area contributed by atoms with Gasteiger partial charge in [-0.1, -0.05) is 44.2 Å². The van der Waals surface area contributed by atoms with Gasteiger partial charge in [0.2, 0.25) is 5.91 Å². The molecule has 0 radical (unpaired) electrons. The second-order valence-electron chi connectivity index (χ2n) is 10.5. The zero-order chi connectivity index (χ0) is 24.8. The number of likely N-dealkylation sites (tertiary alicyclic amines) is 1. The van der Waals surface area contributed by atoms with Gasteiger partial charge in [0, 0.05) is 18.9 Å². The standard InChI is InChI=1S/C27H36N4O4/c1-27(2,14-19-8-4-3-5-9-19)15-21(29-25(33)20-10-11-28-16-20)26(34)30-24-22(32)18-35-23(24)17-31-12-6-7-13-31/h3-5,8-11,16,21,23-24,28H,6-7,12-15,17-18H2,1-2H3,(H,29,33)(H,30,34)/t21-,23?,24?/m0/s1. The molecule has 3 heterocycles. The Morgan fingerprint density at radius 1 is 1.17 bits per heavy atom. The number of aromatic amines is 1. The molecule has 2 unspecified atom stereocenters. The first-order valence-corrected chi connectivity index (χ1v) is 12.5. The van der Waals surface area contributed by atoms with E-state index in [4.69, 9.17) is 4.74 Å². The molecule has 188 valence electrons. The highest BCUT2D eigenvalue weighted by atomic mass is 16.5. The number of ether oxygens (including phenoxy) is 1. The third-order valence-electron chi connectivity index (χ3n) is 6.86. The summed E-state index contributed by atoms with van der Waals surface area (Å²) < 4.78 is 5.74. The molecule has 4 rings (SSSR count). The number of nitrogens with one attached hydrogen (secondary N) is 3. The van der Waals surface area contributed by atoms with Gasteiger partial charge in [0.05, 0.1) is 11.7 Å². The molecule has 2 aromatic rings. The van der Waals surface area contributed by atoms with Crippen LogP contribution in [0.25, 0.3) is 0 Å². The number of benzene rings is 1. The third-order valence-corrected chi connectivity index (χ3v) is 6.86. The number of nitrogens with zero attached hydrogens (tertiary/aromatic N) is 1. The van der Waals surface area contributed by atoms with Gasteiger partial charge < -0.3 is 25.3 Å². The summed E-state index contributed by atoms with van der Waals surface area (Å²) in [7, 11) is 0. The van der Waals surface area contributed by atoms with Crippen molar-refractivity contribution >= 4 is 17.6 Å². The van der Waals surface area contributed by atoms with Crippen LogP contribution in [0.5, 0.6) is 0 Å². The van der Waals surface area contributed by atoms with Gasteiger partial charge in [-0.05, 0) is 55.8 Å². The number of hydrogen-bond acceptors (Lipinski definition) is 5. The number of H-pyrrole nitrogens is 1. The lowest BCUT2D eigenvalue weighted by Gasteiger charge is -2.31. The van der Waals surface area contributed by atoms with Gasteiger partial charge in [0.25, 0.3) is 5.91 Å². The maximum absolute atomic E-state index is 13.5. The lowest BCUT2D eigenvalue weighted by atomic mass is 9.79. The summed E-state index contributed by atoms with van der Waals surface area (Å²) in [5, 5.41) is 5.83. The molecule has 2 saturated heterocycles. The molecule has 1 aromatic heterocycles. The van der Waals surface area contributed by atoms with Crippen LogP contribution in [-0.4, -0.2) is 71.9 Å². The molecule has 8 nitrogen and oxygen atoms in total. The van der Waals surface area contributed by atoms with Gasteiger partial charge in [-0.2, -0.15) is 0 Å². The predicted molar refractivity (Wildman–Crippen MR) is 133 cm³/mol. The molecule has 0 aliphatic carbocycles.